The maximum atomic E-state index is 5.72. The predicted octanol–water partition coefficient (Wildman–Crippen LogP) is 3.23. The van der Waals surface area contributed by atoms with Crippen molar-refractivity contribution >= 4 is 11.7 Å². The average molecular weight is 344 g/mol. The normalized spacial score (nSPS) is 17.4. The number of hydrogen-bond acceptors (Lipinski definition) is 3. The van der Waals surface area contributed by atoms with Crippen molar-refractivity contribution in [1.82, 2.24) is 4.90 Å². The monoisotopic (exact) mass is 343 g/mol. The number of aliphatic imine (C=N–C) groups is 2. The number of piperidine rings is 1. The highest BCUT2D eigenvalue weighted by atomic mass is 15.2. The van der Waals surface area contributed by atoms with Crippen LogP contribution in [0.5, 0.6) is 0 Å². The van der Waals surface area contributed by atoms with Gasteiger partial charge in [0.25, 0.3) is 0 Å². The van der Waals surface area contributed by atoms with Crippen LogP contribution >= 0.6 is 0 Å². The summed E-state index contributed by atoms with van der Waals surface area (Å²) in [6.45, 7) is 13.6. The molecule has 5 nitrogen and oxygen atoms in total. The highest BCUT2D eigenvalue weighted by Gasteiger charge is 2.19. The molecule has 0 spiro atoms. The minimum atomic E-state index is 0.178. The molecule has 1 heterocycles. The van der Waals surface area contributed by atoms with E-state index in [0.29, 0.717) is 11.8 Å². The van der Waals surface area contributed by atoms with E-state index in [-0.39, 0.29) is 6.04 Å². The molecule has 0 saturated carbocycles. The van der Waals surface area contributed by atoms with E-state index in [1.807, 2.05) is 18.7 Å². The number of benzene rings is 1. The van der Waals surface area contributed by atoms with Crippen LogP contribution in [0.1, 0.15) is 44.7 Å². The molecule has 0 radical (unpaired) electrons. The van der Waals surface area contributed by atoms with Gasteiger partial charge in [0.15, 0.2) is 0 Å². The fraction of sp³-hybridized carbons (Fsp3) is 0.500. The zero-order valence-corrected chi connectivity index (χ0v) is 16.1. The Balaban J connectivity index is 0.000000293. The van der Waals surface area contributed by atoms with Gasteiger partial charge in [0.05, 0.1) is 11.9 Å². The van der Waals surface area contributed by atoms with Gasteiger partial charge in [-0.15, -0.1) is 0 Å². The summed E-state index contributed by atoms with van der Waals surface area (Å²) >= 11 is 0. The molecule has 0 aliphatic carbocycles. The molecule has 1 unspecified atom stereocenters. The molecule has 1 aromatic rings. The Hall–Kier alpha value is -2.30. The maximum Gasteiger partial charge on any atom is 0.215 e. The molecule has 4 N–H and O–H groups in total. The molecule has 0 bridgehead atoms. The van der Waals surface area contributed by atoms with Gasteiger partial charge in [-0.1, -0.05) is 43.3 Å². The lowest BCUT2D eigenvalue weighted by Gasteiger charge is -2.32. The summed E-state index contributed by atoms with van der Waals surface area (Å²) < 4.78 is 0. The molecule has 1 atom stereocenters. The van der Waals surface area contributed by atoms with E-state index >= 15 is 0 Å². The van der Waals surface area contributed by atoms with Crippen molar-refractivity contribution in [1.29, 1.82) is 0 Å². The zero-order valence-electron chi connectivity index (χ0n) is 16.1. The number of hydrogen-bond donors (Lipinski definition) is 2. The number of nitrogens with zero attached hydrogens (tertiary/aromatic N) is 3. The van der Waals surface area contributed by atoms with E-state index in [0.717, 1.165) is 38.1 Å². The first-order valence-electron chi connectivity index (χ1n) is 8.91. The molecular formula is C20H33N5. The molecular weight excluding hydrogens is 310 g/mol. The first-order valence-corrected chi connectivity index (χ1v) is 8.91. The van der Waals surface area contributed by atoms with Crippen LogP contribution in [-0.2, 0) is 6.42 Å². The molecule has 5 heteroatoms. The molecule has 2 rings (SSSR count). The summed E-state index contributed by atoms with van der Waals surface area (Å²) in [6.07, 6.45) is 3.23. The summed E-state index contributed by atoms with van der Waals surface area (Å²) in [5.41, 5.74) is 15.1. The number of aryl methyl sites for hydroxylation is 2. The average Bonchev–Trinajstić information content (AvgIpc) is 2.55. The maximum absolute atomic E-state index is 5.72. The highest BCUT2D eigenvalue weighted by molar-refractivity contribution is 5.93. The summed E-state index contributed by atoms with van der Waals surface area (Å²) in [5, 5.41) is 0. The molecule has 0 amide bonds. The van der Waals surface area contributed by atoms with Crippen molar-refractivity contribution in [3.63, 3.8) is 0 Å². The van der Waals surface area contributed by atoms with Crippen LogP contribution in [0.2, 0.25) is 0 Å². The second kappa shape index (κ2) is 10.5. The smallest absolute Gasteiger partial charge is 0.215 e. The first-order chi connectivity index (χ1) is 11.8. The lowest BCUT2D eigenvalue weighted by molar-refractivity contribution is 0.259. The van der Waals surface area contributed by atoms with Crippen molar-refractivity contribution < 1.29 is 0 Å². The topological polar surface area (TPSA) is 80.0 Å². The van der Waals surface area contributed by atoms with Crippen LogP contribution in [-0.4, -0.2) is 35.7 Å². The molecule has 1 aromatic carbocycles. The van der Waals surface area contributed by atoms with Gasteiger partial charge >= 0.3 is 0 Å². The SMILES string of the molecule is C=C(N)N1CCCC(N=C(N)N=C(C)C)C1.CCc1ccc(C)cc1. The van der Waals surface area contributed by atoms with Crippen molar-refractivity contribution in [3.05, 3.63) is 47.8 Å². The third-order valence-corrected chi connectivity index (χ3v) is 3.98. The van der Waals surface area contributed by atoms with Gasteiger partial charge in [-0.3, -0.25) is 0 Å². The van der Waals surface area contributed by atoms with Gasteiger partial charge in [-0.2, -0.15) is 0 Å². The van der Waals surface area contributed by atoms with Crippen molar-refractivity contribution in [3.8, 4) is 0 Å². The summed E-state index contributed by atoms with van der Waals surface area (Å²) in [7, 11) is 0. The lowest BCUT2D eigenvalue weighted by Crippen LogP contribution is -2.39. The van der Waals surface area contributed by atoms with Crippen molar-refractivity contribution in [2.45, 2.75) is 53.0 Å². The number of guanidine groups is 1. The molecule has 138 valence electrons. The van der Waals surface area contributed by atoms with Crippen molar-refractivity contribution in [2.75, 3.05) is 13.1 Å². The van der Waals surface area contributed by atoms with Crippen LogP contribution in [0.15, 0.2) is 46.7 Å². The Morgan fingerprint density at radius 2 is 1.88 bits per heavy atom. The second-order valence-electron chi connectivity index (χ2n) is 6.62. The molecule has 25 heavy (non-hydrogen) atoms. The van der Waals surface area contributed by atoms with Gasteiger partial charge < -0.3 is 16.4 Å². The highest BCUT2D eigenvalue weighted by Crippen LogP contribution is 2.14. The third kappa shape index (κ3) is 8.38. The largest absolute Gasteiger partial charge is 0.386 e. The van der Waals surface area contributed by atoms with E-state index in [1.165, 1.54) is 11.1 Å². The number of rotatable bonds is 3. The van der Waals surface area contributed by atoms with Crippen LogP contribution in [0.25, 0.3) is 0 Å². The van der Waals surface area contributed by atoms with E-state index in [9.17, 15) is 0 Å². The Morgan fingerprint density at radius 1 is 1.24 bits per heavy atom. The van der Waals surface area contributed by atoms with Gasteiger partial charge in [0.1, 0.15) is 0 Å². The minimum Gasteiger partial charge on any atom is -0.386 e. The van der Waals surface area contributed by atoms with Gasteiger partial charge in [-0.25, -0.2) is 9.98 Å². The molecule has 0 aromatic heterocycles. The van der Waals surface area contributed by atoms with Crippen LogP contribution in [0, 0.1) is 6.92 Å². The fourth-order valence-electron chi connectivity index (χ4n) is 2.59. The van der Waals surface area contributed by atoms with E-state index in [1.54, 1.807) is 0 Å². The Morgan fingerprint density at radius 3 is 2.40 bits per heavy atom. The van der Waals surface area contributed by atoms with Crippen molar-refractivity contribution in [2.24, 2.45) is 21.5 Å². The Labute approximate surface area is 152 Å². The Kier molecular flexibility index (Phi) is 8.75. The quantitative estimate of drug-likeness (QED) is 0.653. The van der Waals surface area contributed by atoms with Gasteiger partial charge in [-0.05, 0) is 45.6 Å². The fourth-order valence-corrected chi connectivity index (χ4v) is 2.59. The number of nitrogens with two attached hydrogens (primary N) is 2. The second-order valence-corrected chi connectivity index (χ2v) is 6.62. The molecule has 1 aliphatic rings. The van der Waals surface area contributed by atoms with E-state index in [2.05, 4.69) is 54.7 Å². The molecule has 1 fully saturated rings. The van der Waals surface area contributed by atoms with Crippen LogP contribution in [0.3, 0.4) is 0 Å². The lowest BCUT2D eigenvalue weighted by atomic mass is 10.1. The molecule has 1 aliphatic heterocycles. The minimum absolute atomic E-state index is 0.178. The predicted molar refractivity (Wildman–Crippen MR) is 109 cm³/mol. The first kappa shape index (κ1) is 20.7. The summed E-state index contributed by atoms with van der Waals surface area (Å²) in [5.74, 6) is 0.961. The third-order valence-electron chi connectivity index (χ3n) is 3.98. The zero-order chi connectivity index (χ0) is 18.8. The van der Waals surface area contributed by atoms with E-state index < -0.39 is 0 Å². The standard InChI is InChI=1S/C11H21N5.C9H12/c1-8(2)14-11(13)15-10-5-4-6-16(7-10)9(3)12;1-3-9-6-4-8(2)5-7-9/h10H,3-7,12H2,1-2H3,(H2,13,15);4-7H,3H2,1-2H3. The van der Waals surface area contributed by atoms with Gasteiger partial charge in [0, 0.05) is 18.8 Å². The summed E-state index contributed by atoms with van der Waals surface area (Å²) in [4.78, 5) is 10.5. The number of likely N-dealkylation sites (tertiary alicyclic amines) is 1. The van der Waals surface area contributed by atoms with Gasteiger partial charge in [0.2, 0.25) is 5.96 Å². The van der Waals surface area contributed by atoms with Crippen LogP contribution in [0.4, 0.5) is 0 Å². The van der Waals surface area contributed by atoms with Crippen LogP contribution < -0.4 is 11.5 Å². The van der Waals surface area contributed by atoms with E-state index in [4.69, 9.17) is 11.5 Å². The Bertz CT molecular complexity index is 597. The molecule has 1 saturated heterocycles. The summed E-state index contributed by atoms with van der Waals surface area (Å²) in [6, 6.07) is 8.83.